The number of aromatic nitrogens is 1. The van der Waals surface area contributed by atoms with Crippen LogP contribution in [0.5, 0.6) is 0 Å². The molecule has 1 heterocycles. The first-order valence-corrected chi connectivity index (χ1v) is 11.6. The highest BCUT2D eigenvalue weighted by Gasteiger charge is 2.22. The van der Waals surface area contributed by atoms with Crippen LogP contribution in [0.1, 0.15) is 15.9 Å². The second-order valence-corrected chi connectivity index (χ2v) is 9.59. The van der Waals surface area contributed by atoms with Crippen molar-refractivity contribution in [1.82, 2.24) is 18.9 Å². The smallest absolute Gasteiger partial charge is 0.307 e. The summed E-state index contributed by atoms with van der Waals surface area (Å²) in [6.45, 7) is -0.327. The summed E-state index contributed by atoms with van der Waals surface area (Å²) >= 11 is 6.10. The third kappa shape index (κ3) is 5.25. The number of benzene rings is 2. The van der Waals surface area contributed by atoms with Crippen molar-refractivity contribution in [1.29, 1.82) is 0 Å². The maximum atomic E-state index is 12.8. The van der Waals surface area contributed by atoms with E-state index in [9.17, 15) is 18.0 Å². The molecule has 0 aliphatic carbocycles. The summed E-state index contributed by atoms with van der Waals surface area (Å²) in [5.74, 6) is -1.27. The first-order valence-electron chi connectivity index (χ1n) is 9.86. The van der Waals surface area contributed by atoms with E-state index in [0.29, 0.717) is 16.5 Å². The van der Waals surface area contributed by atoms with Crippen LogP contribution in [0.4, 0.5) is 0 Å². The van der Waals surface area contributed by atoms with Crippen molar-refractivity contribution in [2.75, 3.05) is 27.2 Å². The molecule has 3 aromatic rings. The lowest BCUT2D eigenvalue weighted by Gasteiger charge is -2.13. The van der Waals surface area contributed by atoms with Crippen molar-refractivity contribution in [3.05, 3.63) is 76.6 Å². The van der Waals surface area contributed by atoms with Crippen LogP contribution in [0.2, 0.25) is 5.02 Å². The number of rotatable bonds is 8. The standard InChI is InChI=1S/C22H23ClN4O5S/c1-26(2)33(31,32)27-14-15(16-7-4-6-10-20(16)27)13-19(22(30)24-11-12-28)25-21(29)17-8-3-5-9-18(17)23/h3-10,13-14,28H,11-12H2,1-2H3,(H,24,30)(H,25,29)/b19-13-. The molecule has 0 aliphatic rings. The molecule has 0 radical (unpaired) electrons. The number of hydrogen-bond donors (Lipinski definition) is 3. The summed E-state index contributed by atoms with van der Waals surface area (Å²) in [5, 5.41) is 14.9. The number of nitrogens with one attached hydrogen (secondary N) is 2. The molecule has 1 aromatic heterocycles. The highest BCUT2D eigenvalue weighted by atomic mass is 35.5. The maximum absolute atomic E-state index is 12.8. The van der Waals surface area contributed by atoms with Gasteiger partial charge in [-0.1, -0.05) is 41.9 Å². The molecule has 0 aliphatic heterocycles. The van der Waals surface area contributed by atoms with E-state index < -0.39 is 22.0 Å². The molecule has 9 nitrogen and oxygen atoms in total. The zero-order valence-corrected chi connectivity index (χ0v) is 19.5. The summed E-state index contributed by atoms with van der Waals surface area (Å²) in [4.78, 5) is 25.5. The number of aliphatic hydroxyl groups is 1. The van der Waals surface area contributed by atoms with Crippen molar-refractivity contribution < 1.29 is 23.1 Å². The first kappa shape index (κ1) is 24.5. The Hall–Kier alpha value is -3.18. The minimum Gasteiger partial charge on any atom is -0.395 e. The fraction of sp³-hybridized carbons (Fsp3) is 0.182. The van der Waals surface area contributed by atoms with Crippen LogP contribution in [0.3, 0.4) is 0 Å². The molecule has 3 N–H and O–H groups in total. The first-order chi connectivity index (χ1) is 15.7. The predicted molar refractivity (Wildman–Crippen MR) is 127 cm³/mol. The van der Waals surface area contributed by atoms with E-state index in [-0.39, 0.29) is 29.4 Å². The number of fused-ring (bicyclic) bond motifs is 1. The molecule has 2 aromatic carbocycles. The average molecular weight is 491 g/mol. The van der Waals surface area contributed by atoms with Crippen LogP contribution in [0.25, 0.3) is 17.0 Å². The van der Waals surface area contributed by atoms with Crippen LogP contribution >= 0.6 is 11.6 Å². The summed E-state index contributed by atoms with van der Waals surface area (Å²) in [5.41, 5.74) is 0.825. The van der Waals surface area contributed by atoms with Crippen molar-refractivity contribution >= 4 is 50.6 Å². The third-order valence-electron chi connectivity index (χ3n) is 4.73. The van der Waals surface area contributed by atoms with E-state index in [1.165, 1.54) is 32.4 Å². The molecule has 0 bridgehead atoms. The van der Waals surface area contributed by atoms with Crippen molar-refractivity contribution in [2.24, 2.45) is 0 Å². The normalized spacial score (nSPS) is 12.2. The Morgan fingerprint density at radius 3 is 2.45 bits per heavy atom. The summed E-state index contributed by atoms with van der Waals surface area (Å²) in [7, 11) is -1.01. The quantitative estimate of drug-likeness (QED) is 0.416. The van der Waals surface area contributed by atoms with Gasteiger partial charge in [0, 0.05) is 37.8 Å². The summed E-state index contributed by atoms with van der Waals surface area (Å²) in [6, 6.07) is 13.1. The van der Waals surface area contributed by atoms with Crippen LogP contribution in [-0.4, -0.2) is 60.9 Å². The number of para-hydroxylation sites is 1. The Balaban J connectivity index is 2.12. The molecule has 3 rings (SSSR count). The van der Waals surface area contributed by atoms with Crippen LogP contribution in [0, 0.1) is 0 Å². The number of amides is 2. The highest BCUT2D eigenvalue weighted by Crippen LogP contribution is 2.26. The number of carbonyl (C=O) groups excluding carboxylic acids is 2. The molecule has 0 spiro atoms. The van der Waals surface area contributed by atoms with Gasteiger partial charge in [0.25, 0.3) is 11.8 Å². The van der Waals surface area contributed by atoms with Gasteiger partial charge in [0.05, 0.1) is 22.7 Å². The Kier molecular flexibility index (Phi) is 7.54. The Bertz CT molecular complexity index is 1330. The molecule has 2 amide bonds. The monoisotopic (exact) mass is 490 g/mol. The molecule has 0 atom stereocenters. The third-order valence-corrected chi connectivity index (χ3v) is 6.78. The molecule has 0 saturated heterocycles. The Morgan fingerprint density at radius 2 is 1.79 bits per heavy atom. The SMILES string of the molecule is CN(C)S(=O)(=O)n1cc(/C=C(\NC(=O)c2ccccc2Cl)C(=O)NCCO)c2ccccc21. The van der Waals surface area contributed by atoms with Gasteiger partial charge in [-0.3, -0.25) is 9.59 Å². The van der Waals surface area contributed by atoms with E-state index >= 15 is 0 Å². The van der Waals surface area contributed by atoms with Gasteiger partial charge in [0.1, 0.15) is 5.70 Å². The van der Waals surface area contributed by atoms with E-state index in [1.807, 2.05) is 0 Å². The van der Waals surface area contributed by atoms with Gasteiger partial charge in [-0.2, -0.15) is 12.7 Å². The largest absolute Gasteiger partial charge is 0.395 e. The lowest BCUT2D eigenvalue weighted by atomic mass is 10.1. The summed E-state index contributed by atoms with van der Waals surface area (Å²) < 4.78 is 27.8. The number of carbonyl (C=O) groups is 2. The number of nitrogens with zero attached hydrogens (tertiary/aromatic N) is 2. The van der Waals surface area contributed by atoms with Gasteiger partial charge in [0.2, 0.25) is 0 Å². The van der Waals surface area contributed by atoms with Gasteiger partial charge >= 0.3 is 10.2 Å². The molecular weight excluding hydrogens is 468 g/mol. The van der Waals surface area contributed by atoms with Crippen LogP contribution < -0.4 is 10.6 Å². The lowest BCUT2D eigenvalue weighted by Crippen LogP contribution is -2.36. The number of aliphatic hydroxyl groups excluding tert-OH is 1. The van der Waals surface area contributed by atoms with Gasteiger partial charge in [0.15, 0.2) is 0 Å². The van der Waals surface area contributed by atoms with Crippen molar-refractivity contribution in [3.63, 3.8) is 0 Å². The van der Waals surface area contributed by atoms with Gasteiger partial charge < -0.3 is 15.7 Å². The fourth-order valence-corrected chi connectivity index (χ4v) is 4.30. The van der Waals surface area contributed by atoms with Crippen LogP contribution in [-0.2, 0) is 15.0 Å². The second kappa shape index (κ2) is 10.2. The van der Waals surface area contributed by atoms with E-state index in [2.05, 4.69) is 10.6 Å². The van der Waals surface area contributed by atoms with E-state index in [4.69, 9.17) is 16.7 Å². The summed E-state index contributed by atoms with van der Waals surface area (Å²) in [6.07, 6.45) is 2.76. The molecule has 174 valence electrons. The zero-order valence-electron chi connectivity index (χ0n) is 17.9. The minimum atomic E-state index is -3.84. The Labute approximate surface area is 196 Å². The molecule has 0 unspecified atom stereocenters. The molecule has 0 saturated carbocycles. The van der Waals surface area contributed by atoms with Crippen molar-refractivity contribution in [3.8, 4) is 0 Å². The van der Waals surface area contributed by atoms with Crippen molar-refractivity contribution in [2.45, 2.75) is 0 Å². The van der Waals surface area contributed by atoms with E-state index in [1.54, 1.807) is 42.5 Å². The highest BCUT2D eigenvalue weighted by molar-refractivity contribution is 7.87. The average Bonchev–Trinajstić information content (AvgIpc) is 3.16. The molecular formula is C22H23ClN4O5S. The van der Waals surface area contributed by atoms with E-state index in [0.717, 1.165) is 8.28 Å². The molecule has 11 heteroatoms. The van der Waals surface area contributed by atoms with Gasteiger partial charge in [-0.25, -0.2) is 3.97 Å². The van der Waals surface area contributed by atoms with Gasteiger partial charge in [-0.05, 0) is 24.3 Å². The minimum absolute atomic E-state index is 0.0328. The maximum Gasteiger partial charge on any atom is 0.307 e. The second-order valence-electron chi connectivity index (χ2n) is 7.16. The molecule has 0 fully saturated rings. The predicted octanol–water partition coefficient (Wildman–Crippen LogP) is 1.83. The number of hydrogen-bond acceptors (Lipinski definition) is 5. The zero-order chi connectivity index (χ0) is 24.2. The van der Waals surface area contributed by atoms with Gasteiger partial charge in [-0.15, -0.1) is 0 Å². The fourth-order valence-electron chi connectivity index (χ4n) is 3.07. The number of halogens is 1. The lowest BCUT2D eigenvalue weighted by molar-refractivity contribution is -0.117. The van der Waals surface area contributed by atoms with Crippen LogP contribution in [0.15, 0.2) is 60.4 Å². The molecule has 33 heavy (non-hydrogen) atoms. The topological polar surface area (TPSA) is 121 Å². The Morgan fingerprint density at radius 1 is 1.12 bits per heavy atom.